The fourth-order valence-corrected chi connectivity index (χ4v) is 2.00. The highest BCUT2D eigenvalue weighted by Crippen LogP contribution is 2.20. The quantitative estimate of drug-likeness (QED) is 0.640. The third-order valence-electron chi connectivity index (χ3n) is 2.86. The third kappa shape index (κ3) is 1.56. The Morgan fingerprint density at radius 1 is 1.28 bits per heavy atom. The Bertz CT molecular complexity index is 811. The number of hydrogen-bond acceptors (Lipinski definition) is 3. The minimum absolute atomic E-state index is 0.146. The lowest BCUT2D eigenvalue weighted by atomic mass is 10.1. The number of rotatable bonds is 1. The van der Waals surface area contributed by atoms with Gasteiger partial charge in [-0.25, -0.2) is 4.39 Å². The van der Waals surface area contributed by atoms with Crippen molar-refractivity contribution in [3.63, 3.8) is 0 Å². The number of fused-ring (bicyclic) bond motifs is 3. The average molecular weight is 244 g/mol. The van der Waals surface area contributed by atoms with E-state index < -0.39 is 5.82 Å². The first-order valence-corrected chi connectivity index (χ1v) is 5.40. The Kier molecular flexibility index (Phi) is 2.34. The maximum Gasteiger partial charge on any atom is 0.256 e. The number of H-pyrrole nitrogens is 1. The molecule has 0 unspecified atom stereocenters. The number of nitrogens with one attached hydrogen (secondary N) is 1. The number of aliphatic hydroxyl groups is 1. The number of pyridine rings is 2. The molecule has 0 saturated heterocycles. The van der Waals surface area contributed by atoms with E-state index in [1.165, 1.54) is 24.4 Å². The van der Waals surface area contributed by atoms with E-state index in [1.807, 2.05) is 0 Å². The predicted octanol–water partition coefficient (Wildman–Crippen LogP) is 1.71. The van der Waals surface area contributed by atoms with Gasteiger partial charge < -0.3 is 10.1 Å². The summed E-state index contributed by atoms with van der Waals surface area (Å²) in [5.41, 5.74) is 1.36. The van der Waals surface area contributed by atoms with E-state index in [0.717, 1.165) is 0 Å². The molecule has 0 atom stereocenters. The fraction of sp³-hybridized carbons (Fsp3) is 0.0769. The molecule has 0 aliphatic heterocycles. The zero-order chi connectivity index (χ0) is 12.7. The summed E-state index contributed by atoms with van der Waals surface area (Å²) in [6, 6.07) is 5.68. The molecule has 0 amide bonds. The number of hydrogen-bond donors (Lipinski definition) is 2. The van der Waals surface area contributed by atoms with Gasteiger partial charge in [0.15, 0.2) is 0 Å². The van der Waals surface area contributed by atoms with Crippen LogP contribution >= 0.6 is 0 Å². The van der Waals surface area contributed by atoms with E-state index in [1.54, 1.807) is 6.07 Å². The molecule has 2 heterocycles. The standard InChI is InChI=1S/C13H9FN2O2/c14-8-1-2-9-10(4-8)13(18)16-11-3-7(6-17)5-15-12(9)11/h1-5,17H,6H2,(H,16,18). The zero-order valence-corrected chi connectivity index (χ0v) is 9.27. The zero-order valence-electron chi connectivity index (χ0n) is 9.27. The molecule has 0 saturated carbocycles. The van der Waals surface area contributed by atoms with Crippen LogP contribution in [-0.4, -0.2) is 15.1 Å². The number of nitrogens with zero attached hydrogens (tertiary/aromatic N) is 1. The molecule has 0 fully saturated rings. The van der Waals surface area contributed by atoms with Gasteiger partial charge in [0, 0.05) is 11.6 Å². The molecule has 3 aromatic rings. The molecule has 0 aliphatic carbocycles. The molecule has 0 aliphatic rings. The van der Waals surface area contributed by atoms with Gasteiger partial charge in [0.1, 0.15) is 5.82 Å². The fourth-order valence-electron chi connectivity index (χ4n) is 2.00. The van der Waals surface area contributed by atoms with Crippen molar-refractivity contribution in [3.05, 3.63) is 52.2 Å². The van der Waals surface area contributed by atoms with Crippen LogP contribution in [0.15, 0.2) is 35.3 Å². The molecule has 2 aromatic heterocycles. The Morgan fingerprint density at radius 2 is 2.11 bits per heavy atom. The van der Waals surface area contributed by atoms with E-state index in [9.17, 15) is 9.18 Å². The highest BCUT2D eigenvalue weighted by atomic mass is 19.1. The second kappa shape index (κ2) is 3.89. The molecule has 0 spiro atoms. The lowest BCUT2D eigenvalue weighted by Gasteiger charge is -2.04. The summed E-state index contributed by atoms with van der Waals surface area (Å²) in [6.45, 7) is -0.146. The van der Waals surface area contributed by atoms with Crippen LogP contribution in [0.25, 0.3) is 21.8 Å². The van der Waals surface area contributed by atoms with Gasteiger partial charge in [-0.1, -0.05) is 0 Å². The second-order valence-electron chi connectivity index (χ2n) is 4.04. The molecule has 1 aromatic carbocycles. The lowest BCUT2D eigenvalue weighted by molar-refractivity contribution is 0.281. The number of aromatic amines is 1. The minimum atomic E-state index is -0.459. The first-order chi connectivity index (χ1) is 8.69. The number of aromatic nitrogens is 2. The first-order valence-electron chi connectivity index (χ1n) is 5.40. The van der Waals surface area contributed by atoms with Gasteiger partial charge in [-0.15, -0.1) is 0 Å². The largest absolute Gasteiger partial charge is 0.392 e. The van der Waals surface area contributed by atoms with Gasteiger partial charge in [-0.3, -0.25) is 9.78 Å². The number of benzene rings is 1. The van der Waals surface area contributed by atoms with Crippen molar-refractivity contribution in [2.75, 3.05) is 0 Å². The maximum atomic E-state index is 13.1. The van der Waals surface area contributed by atoms with E-state index >= 15 is 0 Å². The van der Waals surface area contributed by atoms with E-state index in [4.69, 9.17) is 5.11 Å². The highest BCUT2D eigenvalue weighted by Gasteiger charge is 2.07. The lowest BCUT2D eigenvalue weighted by Crippen LogP contribution is -2.07. The summed E-state index contributed by atoms with van der Waals surface area (Å²) in [4.78, 5) is 18.7. The van der Waals surface area contributed by atoms with Gasteiger partial charge in [0.2, 0.25) is 0 Å². The molecule has 5 heteroatoms. The summed E-state index contributed by atoms with van der Waals surface area (Å²) in [5, 5.41) is 9.90. The number of aliphatic hydroxyl groups excluding tert-OH is 1. The molecule has 0 bridgehead atoms. The first kappa shape index (κ1) is 10.9. The molecular weight excluding hydrogens is 235 g/mol. The van der Waals surface area contributed by atoms with Crippen LogP contribution in [0.3, 0.4) is 0 Å². The highest BCUT2D eigenvalue weighted by molar-refractivity contribution is 6.02. The molecular formula is C13H9FN2O2. The predicted molar refractivity (Wildman–Crippen MR) is 65.8 cm³/mol. The van der Waals surface area contributed by atoms with Crippen molar-refractivity contribution < 1.29 is 9.50 Å². The van der Waals surface area contributed by atoms with Crippen LogP contribution in [0.2, 0.25) is 0 Å². The van der Waals surface area contributed by atoms with Crippen molar-refractivity contribution in [3.8, 4) is 0 Å². The summed E-state index contributed by atoms with van der Waals surface area (Å²) in [6.07, 6.45) is 1.53. The van der Waals surface area contributed by atoms with Crippen molar-refractivity contribution in [1.29, 1.82) is 0 Å². The third-order valence-corrected chi connectivity index (χ3v) is 2.86. The molecule has 4 nitrogen and oxygen atoms in total. The van der Waals surface area contributed by atoms with Crippen LogP contribution in [0.5, 0.6) is 0 Å². The summed E-state index contributed by atoms with van der Waals surface area (Å²) >= 11 is 0. The topological polar surface area (TPSA) is 66.0 Å². The Morgan fingerprint density at radius 3 is 2.89 bits per heavy atom. The smallest absolute Gasteiger partial charge is 0.256 e. The molecule has 0 radical (unpaired) electrons. The molecule has 2 N–H and O–H groups in total. The molecule has 18 heavy (non-hydrogen) atoms. The molecule has 3 rings (SSSR count). The van der Waals surface area contributed by atoms with Gasteiger partial charge in [-0.05, 0) is 29.8 Å². The van der Waals surface area contributed by atoms with Gasteiger partial charge in [0.25, 0.3) is 5.56 Å². The van der Waals surface area contributed by atoms with Crippen LogP contribution in [0, 0.1) is 5.82 Å². The van der Waals surface area contributed by atoms with Crippen molar-refractivity contribution in [2.24, 2.45) is 0 Å². The van der Waals surface area contributed by atoms with Crippen molar-refractivity contribution in [2.45, 2.75) is 6.61 Å². The van der Waals surface area contributed by atoms with Crippen molar-refractivity contribution in [1.82, 2.24) is 9.97 Å². The monoisotopic (exact) mass is 244 g/mol. The Balaban J connectivity index is 2.50. The summed E-state index contributed by atoms with van der Waals surface area (Å²) in [5.74, 6) is -0.459. The van der Waals surface area contributed by atoms with E-state index in [0.29, 0.717) is 22.0 Å². The number of halogens is 1. The van der Waals surface area contributed by atoms with Gasteiger partial charge >= 0.3 is 0 Å². The Labute approximate surface area is 101 Å². The van der Waals surface area contributed by atoms with Crippen LogP contribution in [-0.2, 0) is 6.61 Å². The minimum Gasteiger partial charge on any atom is -0.392 e. The van der Waals surface area contributed by atoms with Gasteiger partial charge in [-0.2, -0.15) is 0 Å². The van der Waals surface area contributed by atoms with E-state index in [-0.39, 0.29) is 17.6 Å². The maximum absolute atomic E-state index is 13.1. The average Bonchev–Trinajstić information content (AvgIpc) is 2.38. The van der Waals surface area contributed by atoms with Gasteiger partial charge in [0.05, 0.1) is 23.0 Å². The van der Waals surface area contributed by atoms with E-state index in [2.05, 4.69) is 9.97 Å². The van der Waals surface area contributed by atoms with Crippen molar-refractivity contribution >= 4 is 21.8 Å². The van der Waals surface area contributed by atoms with Crippen LogP contribution in [0.1, 0.15) is 5.56 Å². The Hall–Kier alpha value is -2.27. The summed E-state index contributed by atoms with van der Waals surface area (Å²) < 4.78 is 13.1. The SMILES string of the molecule is O=c1[nH]c2cc(CO)cnc2c2ccc(F)cc12. The normalized spacial score (nSPS) is 11.2. The van der Waals surface area contributed by atoms with Crippen LogP contribution < -0.4 is 5.56 Å². The molecule has 90 valence electrons. The summed E-state index contributed by atoms with van der Waals surface area (Å²) in [7, 11) is 0. The van der Waals surface area contributed by atoms with Crippen LogP contribution in [0.4, 0.5) is 4.39 Å². The second-order valence-corrected chi connectivity index (χ2v) is 4.04.